The molecule has 1 fully saturated rings. The number of aliphatic imine (C=N–C) groups is 1. The fourth-order valence-corrected chi connectivity index (χ4v) is 2.90. The molecule has 0 aromatic carbocycles. The van der Waals surface area contributed by atoms with Crippen LogP contribution in [0.3, 0.4) is 0 Å². The molecule has 0 saturated heterocycles. The molecule has 1 aliphatic rings. The van der Waals surface area contributed by atoms with Crippen LogP contribution in [0.15, 0.2) is 9.52 Å². The third-order valence-corrected chi connectivity index (χ3v) is 4.10. The first kappa shape index (κ1) is 15.9. The van der Waals surface area contributed by atoms with E-state index in [2.05, 4.69) is 27.7 Å². The highest BCUT2D eigenvalue weighted by molar-refractivity contribution is 5.80. The van der Waals surface area contributed by atoms with E-state index in [9.17, 15) is 0 Å². The summed E-state index contributed by atoms with van der Waals surface area (Å²) in [5.74, 6) is 1.85. The Hall–Kier alpha value is -1.52. The van der Waals surface area contributed by atoms with Crippen LogP contribution in [-0.2, 0) is 6.42 Å². The molecule has 2 N–H and O–H groups in total. The molecule has 1 saturated carbocycles. The van der Waals surface area contributed by atoms with Crippen LogP contribution in [0.25, 0.3) is 0 Å². The van der Waals surface area contributed by atoms with Crippen LogP contribution in [0.4, 0.5) is 0 Å². The maximum absolute atomic E-state index is 5.19. The van der Waals surface area contributed by atoms with Crippen LogP contribution < -0.4 is 10.6 Å². The van der Waals surface area contributed by atoms with Crippen molar-refractivity contribution < 1.29 is 4.52 Å². The minimum Gasteiger partial charge on any atom is -0.361 e. The summed E-state index contributed by atoms with van der Waals surface area (Å²) in [4.78, 5) is 4.69. The van der Waals surface area contributed by atoms with Gasteiger partial charge in [0, 0.05) is 24.7 Å². The summed E-state index contributed by atoms with van der Waals surface area (Å²) in [6.45, 7) is 7.70. The van der Waals surface area contributed by atoms with Crippen LogP contribution >= 0.6 is 0 Å². The lowest BCUT2D eigenvalue weighted by atomic mass is 9.96. The molecule has 0 bridgehead atoms. The smallest absolute Gasteiger partial charge is 0.191 e. The van der Waals surface area contributed by atoms with Gasteiger partial charge in [0.1, 0.15) is 5.76 Å². The van der Waals surface area contributed by atoms with Gasteiger partial charge in [-0.2, -0.15) is 0 Å². The first-order chi connectivity index (χ1) is 10.2. The second kappa shape index (κ2) is 8.05. The minimum atomic E-state index is 0.579. The third-order valence-electron chi connectivity index (χ3n) is 4.10. The Morgan fingerprint density at radius 1 is 1.29 bits per heavy atom. The second-order valence-corrected chi connectivity index (χ2v) is 5.79. The average molecular weight is 292 g/mol. The van der Waals surface area contributed by atoms with Crippen molar-refractivity contribution >= 4 is 5.96 Å². The van der Waals surface area contributed by atoms with Crippen molar-refractivity contribution in [2.24, 2.45) is 4.99 Å². The normalized spacial score (nSPS) is 17.0. The van der Waals surface area contributed by atoms with Crippen molar-refractivity contribution in [2.45, 2.75) is 65.3 Å². The molecule has 5 heteroatoms. The summed E-state index contributed by atoms with van der Waals surface area (Å²) >= 11 is 0. The number of nitrogens with zero attached hydrogens (tertiary/aromatic N) is 2. The Labute approximate surface area is 127 Å². The van der Waals surface area contributed by atoms with Crippen molar-refractivity contribution in [1.29, 1.82) is 0 Å². The van der Waals surface area contributed by atoms with Gasteiger partial charge >= 0.3 is 0 Å². The summed E-state index contributed by atoms with van der Waals surface area (Å²) in [6.07, 6.45) is 7.43. The maximum Gasteiger partial charge on any atom is 0.191 e. The van der Waals surface area contributed by atoms with Gasteiger partial charge < -0.3 is 15.2 Å². The van der Waals surface area contributed by atoms with E-state index in [1.54, 1.807) is 0 Å². The molecule has 0 aliphatic heterocycles. The number of hydrogen-bond acceptors (Lipinski definition) is 3. The SMILES string of the molecule is CCNC(=NCCc1c(C)noc1C)NC1CCCCC1. The molecular formula is C16H28N4O. The largest absolute Gasteiger partial charge is 0.361 e. The fraction of sp³-hybridized carbons (Fsp3) is 0.750. The molecule has 21 heavy (non-hydrogen) atoms. The maximum atomic E-state index is 5.19. The Bertz CT molecular complexity index is 441. The van der Waals surface area contributed by atoms with E-state index in [4.69, 9.17) is 4.52 Å². The Morgan fingerprint density at radius 3 is 2.67 bits per heavy atom. The quantitative estimate of drug-likeness (QED) is 0.647. The standard InChI is InChI=1S/C16H28N4O/c1-4-17-16(19-14-8-6-5-7-9-14)18-11-10-15-12(2)20-21-13(15)3/h14H,4-11H2,1-3H3,(H2,17,18,19). The number of guanidine groups is 1. The molecule has 1 aromatic heterocycles. The Kier molecular flexibility index (Phi) is 6.08. The Morgan fingerprint density at radius 2 is 2.05 bits per heavy atom. The minimum absolute atomic E-state index is 0.579. The second-order valence-electron chi connectivity index (χ2n) is 5.79. The predicted molar refractivity (Wildman–Crippen MR) is 85.7 cm³/mol. The molecule has 1 aliphatic carbocycles. The zero-order chi connectivity index (χ0) is 15.1. The first-order valence-electron chi connectivity index (χ1n) is 8.17. The van der Waals surface area contributed by atoms with Crippen LogP contribution in [0.2, 0.25) is 0 Å². The Balaban J connectivity index is 1.87. The number of aromatic nitrogens is 1. The summed E-state index contributed by atoms with van der Waals surface area (Å²) in [5.41, 5.74) is 2.17. The van der Waals surface area contributed by atoms with Gasteiger partial charge in [-0.3, -0.25) is 4.99 Å². The van der Waals surface area contributed by atoms with Gasteiger partial charge in [-0.25, -0.2) is 0 Å². The fourth-order valence-electron chi connectivity index (χ4n) is 2.90. The van der Waals surface area contributed by atoms with Gasteiger partial charge in [0.2, 0.25) is 0 Å². The molecule has 5 nitrogen and oxygen atoms in total. The van der Waals surface area contributed by atoms with Gasteiger partial charge in [-0.05, 0) is 40.0 Å². The molecule has 0 atom stereocenters. The monoisotopic (exact) mass is 292 g/mol. The summed E-state index contributed by atoms with van der Waals surface area (Å²) in [5, 5.41) is 10.9. The lowest BCUT2D eigenvalue weighted by Crippen LogP contribution is -2.44. The first-order valence-corrected chi connectivity index (χ1v) is 8.17. The van der Waals surface area contributed by atoms with Crippen molar-refractivity contribution in [2.75, 3.05) is 13.1 Å². The highest BCUT2D eigenvalue weighted by Crippen LogP contribution is 2.17. The summed E-state index contributed by atoms with van der Waals surface area (Å²) in [7, 11) is 0. The molecule has 0 unspecified atom stereocenters. The van der Waals surface area contributed by atoms with Gasteiger partial charge in [0.25, 0.3) is 0 Å². The van der Waals surface area contributed by atoms with Gasteiger partial charge in [0.15, 0.2) is 5.96 Å². The lowest BCUT2D eigenvalue weighted by molar-refractivity contribution is 0.392. The average Bonchev–Trinajstić information content (AvgIpc) is 2.80. The van der Waals surface area contributed by atoms with Crippen molar-refractivity contribution in [3.05, 3.63) is 17.0 Å². The van der Waals surface area contributed by atoms with Crippen molar-refractivity contribution in [1.82, 2.24) is 15.8 Å². The number of nitrogens with one attached hydrogen (secondary N) is 2. The van der Waals surface area contributed by atoms with E-state index in [-0.39, 0.29) is 0 Å². The summed E-state index contributed by atoms with van der Waals surface area (Å²) < 4.78 is 5.19. The van der Waals surface area contributed by atoms with E-state index in [1.165, 1.54) is 37.7 Å². The third kappa shape index (κ3) is 4.76. The molecule has 118 valence electrons. The zero-order valence-electron chi connectivity index (χ0n) is 13.5. The molecule has 0 radical (unpaired) electrons. The topological polar surface area (TPSA) is 62.5 Å². The van der Waals surface area contributed by atoms with E-state index in [0.29, 0.717) is 6.04 Å². The van der Waals surface area contributed by atoms with E-state index in [0.717, 1.165) is 36.9 Å². The molecule has 2 rings (SSSR count). The van der Waals surface area contributed by atoms with Crippen LogP contribution in [0, 0.1) is 13.8 Å². The highest BCUT2D eigenvalue weighted by Gasteiger charge is 2.14. The lowest BCUT2D eigenvalue weighted by Gasteiger charge is -2.24. The predicted octanol–water partition coefficient (Wildman–Crippen LogP) is 2.72. The zero-order valence-corrected chi connectivity index (χ0v) is 13.5. The molecule has 1 aromatic rings. The number of hydrogen-bond donors (Lipinski definition) is 2. The van der Waals surface area contributed by atoms with Gasteiger partial charge in [-0.15, -0.1) is 0 Å². The summed E-state index contributed by atoms with van der Waals surface area (Å²) in [6, 6.07) is 0.579. The van der Waals surface area contributed by atoms with E-state index < -0.39 is 0 Å². The van der Waals surface area contributed by atoms with Crippen LogP contribution in [0.1, 0.15) is 56.0 Å². The van der Waals surface area contributed by atoms with Gasteiger partial charge in [-0.1, -0.05) is 24.4 Å². The molecular weight excluding hydrogens is 264 g/mol. The van der Waals surface area contributed by atoms with Crippen molar-refractivity contribution in [3.8, 4) is 0 Å². The van der Waals surface area contributed by atoms with E-state index in [1.807, 2.05) is 13.8 Å². The highest BCUT2D eigenvalue weighted by atomic mass is 16.5. The molecule has 0 spiro atoms. The van der Waals surface area contributed by atoms with E-state index >= 15 is 0 Å². The number of aryl methyl sites for hydroxylation is 2. The number of rotatable bonds is 5. The van der Waals surface area contributed by atoms with Crippen LogP contribution in [-0.4, -0.2) is 30.2 Å². The molecule has 0 amide bonds. The van der Waals surface area contributed by atoms with Crippen LogP contribution in [0.5, 0.6) is 0 Å². The molecule has 1 heterocycles. The van der Waals surface area contributed by atoms with Crippen molar-refractivity contribution in [3.63, 3.8) is 0 Å². The van der Waals surface area contributed by atoms with Gasteiger partial charge in [0.05, 0.1) is 5.69 Å².